The predicted octanol–water partition coefficient (Wildman–Crippen LogP) is 1.21. The highest BCUT2D eigenvalue weighted by Crippen LogP contribution is 2.12. The third-order valence-electron chi connectivity index (χ3n) is 5.08. The van der Waals surface area contributed by atoms with Crippen LogP contribution in [0.15, 0.2) is 0 Å². The molecule has 0 aliphatic carbocycles. The minimum Gasteiger partial charge on any atom is -0.393 e. The molecule has 5 heteroatoms. The maximum Gasteiger partial charge on any atom is 0.237 e. The monoisotopic (exact) mass is 311 g/mol. The molecule has 0 aromatic rings. The van der Waals surface area contributed by atoms with Gasteiger partial charge in [0.05, 0.1) is 12.1 Å². The average molecular weight is 311 g/mol. The van der Waals surface area contributed by atoms with E-state index in [2.05, 4.69) is 15.1 Å². The summed E-state index contributed by atoms with van der Waals surface area (Å²) in [6.07, 6.45) is 7.71. The molecular weight excluding hydrogens is 278 g/mol. The minimum atomic E-state index is -0.106. The fourth-order valence-corrected chi connectivity index (χ4v) is 3.45. The summed E-state index contributed by atoms with van der Waals surface area (Å²) >= 11 is 0. The number of aliphatic hydroxyl groups is 1. The highest BCUT2D eigenvalue weighted by molar-refractivity contribution is 5.81. The number of carbonyl (C=O) groups is 1. The van der Waals surface area contributed by atoms with Crippen LogP contribution >= 0.6 is 0 Å². The first-order valence-corrected chi connectivity index (χ1v) is 9.09. The molecule has 2 N–H and O–H groups in total. The Labute approximate surface area is 135 Å². The molecule has 0 aromatic heterocycles. The summed E-state index contributed by atoms with van der Waals surface area (Å²) in [5.41, 5.74) is 0. The number of amides is 1. The zero-order chi connectivity index (χ0) is 15.8. The molecule has 22 heavy (non-hydrogen) atoms. The predicted molar refractivity (Wildman–Crippen MR) is 88.8 cm³/mol. The standard InChI is InChI=1S/C17H33N3O2/c1-15(20-11-4-2-3-5-12-20)17(22)18-9-6-10-19-13-7-16(21)8-14-19/h15-16,21H,2-14H2,1H3,(H,18,22). The first kappa shape index (κ1) is 17.7. The van der Waals surface area contributed by atoms with Crippen LogP contribution in [0.3, 0.4) is 0 Å². The first-order valence-electron chi connectivity index (χ1n) is 9.09. The van der Waals surface area contributed by atoms with Gasteiger partial charge in [-0.15, -0.1) is 0 Å². The van der Waals surface area contributed by atoms with Gasteiger partial charge in [0.1, 0.15) is 0 Å². The molecule has 2 rings (SSSR count). The number of rotatable bonds is 6. The van der Waals surface area contributed by atoms with Crippen LogP contribution in [0.1, 0.15) is 51.9 Å². The highest BCUT2D eigenvalue weighted by Gasteiger charge is 2.21. The van der Waals surface area contributed by atoms with Gasteiger partial charge in [0.15, 0.2) is 0 Å². The largest absolute Gasteiger partial charge is 0.393 e. The molecule has 1 atom stereocenters. The third kappa shape index (κ3) is 5.86. The van der Waals surface area contributed by atoms with E-state index in [1.54, 1.807) is 0 Å². The lowest BCUT2D eigenvalue weighted by molar-refractivity contribution is -0.125. The van der Waals surface area contributed by atoms with Gasteiger partial charge >= 0.3 is 0 Å². The molecule has 0 aromatic carbocycles. The molecule has 2 fully saturated rings. The zero-order valence-corrected chi connectivity index (χ0v) is 14.1. The molecule has 0 saturated carbocycles. The summed E-state index contributed by atoms with van der Waals surface area (Å²) in [4.78, 5) is 17.0. The van der Waals surface area contributed by atoms with Crippen molar-refractivity contribution in [2.24, 2.45) is 0 Å². The third-order valence-corrected chi connectivity index (χ3v) is 5.08. The van der Waals surface area contributed by atoms with Gasteiger partial charge in [0.25, 0.3) is 0 Å². The lowest BCUT2D eigenvalue weighted by Crippen LogP contribution is -2.46. The van der Waals surface area contributed by atoms with E-state index < -0.39 is 0 Å². The quantitative estimate of drug-likeness (QED) is 0.724. The van der Waals surface area contributed by atoms with Crippen LogP contribution in [-0.2, 0) is 4.79 Å². The molecule has 2 aliphatic heterocycles. The lowest BCUT2D eigenvalue weighted by atomic mass is 10.1. The Kier molecular flexibility index (Phi) is 7.63. The molecule has 128 valence electrons. The number of hydrogen-bond donors (Lipinski definition) is 2. The van der Waals surface area contributed by atoms with E-state index in [1.807, 2.05) is 6.92 Å². The van der Waals surface area contributed by atoms with Crippen LogP contribution in [0.4, 0.5) is 0 Å². The van der Waals surface area contributed by atoms with Crippen LogP contribution in [0.2, 0.25) is 0 Å². The van der Waals surface area contributed by atoms with E-state index in [4.69, 9.17) is 0 Å². The van der Waals surface area contributed by atoms with E-state index in [1.165, 1.54) is 25.7 Å². The van der Waals surface area contributed by atoms with Gasteiger partial charge in [0.2, 0.25) is 5.91 Å². The normalized spacial score (nSPS) is 23.9. The van der Waals surface area contributed by atoms with Crippen molar-refractivity contribution in [3.8, 4) is 0 Å². The Bertz CT molecular complexity index is 322. The Morgan fingerprint density at radius 1 is 1.14 bits per heavy atom. The molecule has 2 saturated heterocycles. The lowest BCUT2D eigenvalue weighted by Gasteiger charge is -2.29. The van der Waals surface area contributed by atoms with Crippen LogP contribution < -0.4 is 5.32 Å². The zero-order valence-electron chi connectivity index (χ0n) is 14.1. The van der Waals surface area contributed by atoms with E-state index in [9.17, 15) is 9.90 Å². The van der Waals surface area contributed by atoms with E-state index in [0.717, 1.165) is 58.5 Å². The summed E-state index contributed by atoms with van der Waals surface area (Å²) < 4.78 is 0. The maximum atomic E-state index is 12.2. The van der Waals surface area contributed by atoms with Crippen LogP contribution in [-0.4, -0.2) is 72.2 Å². The Hall–Kier alpha value is -0.650. The topological polar surface area (TPSA) is 55.8 Å². The van der Waals surface area contributed by atoms with Gasteiger partial charge in [-0.25, -0.2) is 0 Å². The molecular formula is C17H33N3O2. The van der Waals surface area contributed by atoms with Crippen molar-refractivity contribution >= 4 is 5.91 Å². The van der Waals surface area contributed by atoms with Crippen molar-refractivity contribution < 1.29 is 9.90 Å². The number of likely N-dealkylation sites (tertiary alicyclic amines) is 2. The van der Waals surface area contributed by atoms with Crippen molar-refractivity contribution in [2.75, 3.05) is 39.3 Å². The molecule has 2 heterocycles. The Morgan fingerprint density at radius 2 is 1.77 bits per heavy atom. The molecule has 0 radical (unpaired) electrons. The second kappa shape index (κ2) is 9.48. The number of hydrogen-bond acceptors (Lipinski definition) is 4. The first-order chi connectivity index (χ1) is 10.7. The Morgan fingerprint density at radius 3 is 2.41 bits per heavy atom. The smallest absolute Gasteiger partial charge is 0.237 e. The van der Waals surface area contributed by atoms with E-state index in [-0.39, 0.29) is 18.1 Å². The van der Waals surface area contributed by atoms with Crippen LogP contribution in [0, 0.1) is 0 Å². The molecule has 2 aliphatic rings. The van der Waals surface area contributed by atoms with Crippen molar-refractivity contribution in [3.63, 3.8) is 0 Å². The van der Waals surface area contributed by atoms with Crippen molar-refractivity contribution in [1.29, 1.82) is 0 Å². The number of carbonyl (C=O) groups excluding carboxylic acids is 1. The molecule has 0 bridgehead atoms. The number of nitrogens with one attached hydrogen (secondary N) is 1. The summed E-state index contributed by atoms with van der Waals surface area (Å²) in [5.74, 6) is 0.177. The van der Waals surface area contributed by atoms with E-state index in [0.29, 0.717) is 0 Å². The van der Waals surface area contributed by atoms with Crippen LogP contribution in [0.25, 0.3) is 0 Å². The Balaban J connectivity index is 1.58. The molecule has 1 unspecified atom stereocenters. The van der Waals surface area contributed by atoms with Gasteiger partial charge in [-0.05, 0) is 58.7 Å². The molecule has 0 spiro atoms. The molecule has 1 amide bonds. The van der Waals surface area contributed by atoms with Crippen molar-refractivity contribution in [2.45, 2.75) is 64.0 Å². The van der Waals surface area contributed by atoms with Gasteiger partial charge in [-0.3, -0.25) is 9.69 Å². The fourth-order valence-electron chi connectivity index (χ4n) is 3.45. The van der Waals surface area contributed by atoms with Crippen LogP contribution in [0.5, 0.6) is 0 Å². The van der Waals surface area contributed by atoms with Gasteiger partial charge in [-0.2, -0.15) is 0 Å². The number of piperidine rings is 1. The van der Waals surface area contributed by atoms with Gasteiger partial charge in [0, 0.05) is 19.6 Å². The number of nitrogens with zero attached hydrogens (tertiary/aromatic N) is 2. The summed E-state index contributed by atoms with van der Waals surface area (Å²) in [6.45, 7) is 7.90. The van der Waals surface area contributed by atoms with Crippen molar-refractivity contribution in [1.82, 2.24) is 15.1 Å². The average Bonchev–Trinajstić information content (AvgIpc) is 2.81. The van der Waals surface area contributed by atoms with Gasteiger partial charge < -0.3 is 15.3 Å². The SMILES string of the molecule is CC(C(=O)NCCCN1CCC(O)CC1)N1CCCCCC1. The second-order valence-electron chi connectivity index (χ2n) is 6.84. The summed E-state index contributed by atoms with van der Waals surface area (Å²) in [6, 6.07) is 0.00299. The fraction of sp³-hybridized carbons (Fsp3) is 0.941. The second-order valence-corrected chi connectivity index (χ2v) is 6.84. The summed E-state index contributed by atoms with van der Waals surface area (Å²) in [5, 5.41) is 12.6. The summed E-state index contributed by atoms with van der Waals surface area (Å²) in [7, 11) is 0. The highest BCUT2D eigenvalue weighted by atomic mass is 16.3. The molecule has 5 nitrogen and oxygen atoms in total. The number of aliphatic hydroxyl groups excluding tert-OH is 1. The van der Waals surface area contributed by atoms with E-state index >= 15 is 0 Å². The maximum absolute atomic E-state index is 12.2. The van der Waals surface area contributed by atoms with Gasteiger partial charge in [-0.1, -0.05) is 12.8 Å². The van der Waals surface area contributed by atoms with Crippen molar-refractivity contribution in [3.05, 3.63) is 0 Å². The minimum absolute atomic E-state index is 0.00299.